The molecule has 1 aliphatic carbocycles. The van der Waals surface area contributed by atoms with E-state index >= 15 is 0 Å². The van der Waals surface area contributed by atoms with Gasteiger partial charge >= 0.3 is 5.97 Å². The number of hydrogen-bond donors (Lipinski definition) is 0. The molecule has 2 saturated heterocycles. The van der Waals surface area contributed by atoms with Crippen LogP contribution in [0.4, 0.5) is 0 Å². The fourth-order valence-corrected chi connectivity index (χ4v) is 5.62. The number of carbonyl (C=O) groups excluding carboxylic acids is 1. The molecule has 0 N–H and O–H groups in total. The summed E-state index contributed by atoms with van der Waals surface area (Å²) in [6, 6.07) is 10.8. The number of benzene rings is 1. The summed E-state index contributed by atoms with van der Waals surface area (Å²) in [4.78, 5) is 14.8. The predicted molar refractivity (Wildman–Crippen MR) is 105 cm³/mol. The Morgan fingerprint density at radius 3 is 2.71 bits per heavy atom. The second kappa shape index (κ2) is 6.69. The van der Waals surface area contributed by atoms with Gasteiger partial charge in [0.1, 0.15) is 0 Å². The first-order chi connectivity index (χ1) is 13.7. The number of esters is 1. The Balaban J connectivity index is 1.53. The fraction of sp³-hybridized carbons (Fsp3) is 0.435. The molecule has 5 nitrogen and oxygen atoms in total. The maximum atomic E-state index is 12.3. The van der Waals surface area contributed by atoms with Gasteiger partial charge in [0.25, 0.3) is 0 Å². The number of carbonyl (C=O) groups is 1. The standard InChI is InChI=1S/C23H25NO4/c1-26-22(27-2)19-10-11-20-23-14-17(24(19)20)12-16(18(23)13-21(25)28-23)9-8-15-6-4-3-5-7-15/h3-9,12-13,17,19-20,22H,10-11,14H2,1-2H3. The molecule has 1 aromatic rings. The summed E-state index contributed by atoms with van der Waals surface area (Å²) in [5.41, 5.74) is 2.72. The molecule has 4 atom stereocenters. The van der Waals surface area contributed by atoms with Crippen molar-refractivity contribution in [1.82, 2.24) is 4.90 Å². The molecular formula is C23H25NO4. The van der Waals surface area contributed by atoms with E-state index < -0.39 is 5.60 Å². The second-order valence-corrected chi connectivity index (χ2v) is 7.95. The highest BCUT2D eigenvalue weighted by atomic mass is 16.7. The van der Waals surface area contributed by atoms with Crippen LogP contribution in [-0.4, -0.2) is 55.1 Å². The number of ether oxygens (including phenoxy) is 3. The van der Waals surface area contributed by atoms with E-state index in [-0.39, 0.29) is 30.4 Å². The molecule has 4 aliphatic rings. The summed E-state index contributed by atoms with van der Waals surface area (Å²) in [6.07, 6.45) is 10.7. The molecule has 5 heteroatoms. The molecule has 1 spiro atoms. The SMILES string of the molecule is COC(OC)C1CCC2N1C1C=C(C=Cc3ccccc3)C3=CC(=O)OC32C1. The Hall–Kier alpha value is -2.21. The van der Waals surface area contributed by atoms with Crippen LogP contribution in [0.2, 0.25) is 0 Å². The van der Waals surface area contributed by atoms with E-state index in [0.29, 0.717) is 0 Å². The van der Waals surface area contributed by atoms with E-state index in [4.69, 9.17) is 14.2 Å². The Morgan fingerprint density at radius 1 is 1.18 bits per heavy atom. The van der Waals surface area contributed by atoms with E-state index in [9.17, 15) is 4.79 Å². The number of fused-ring (bicyclic) bond motifs is 3. The summed E-state index contributed by atoms with van der Waals surface area (Å²) in [5, 5.41) is 0. The van der Waals surface area contributed by atoms with Gasteiger partial charge in [-0.15, -0.1) is 0 Å². The average Bonchev–Trinajstić information content (AvgIpc) is 3.36. The molecule has 4 unspecified atom stereocenters. The third-order valence-electron chi connectivity index (χ3n) is 6.63. The molecule has 146 valence electrons. The van der Waals surface area contributed by atoms with Gasteiger partial charge in [-0.1, -0.05) is 48.6 Å². The molecule has 28 heavy (non-hydrogen) atoms. The third kappa shape index (κ3) is 2.54. The summed E-state index contributed by atoms with van der Waals surface area (Å²) in [5.74, 6) is -0.227. The van der Waals surface area contributed by atoms with Gasteiger partial charge in [0, 0.05) is 38.3 Å². The minimum atomic E-state index is -0.534. The Bertz CT molecular complexity index is 870. The highest BCUT2D eigenvalue weighted by Crippen LogP contribution is 2.56. The first-order valence-corrected chi connectivity index (χ1v) is 9.90. The number of methoxy groups -OCH3 is 2. The first kappa shape index (κ1) is 17.9. The van der Waals surface area contributed by atoms with Crippen LogP contribution in [-0.2, 0) is 19.0 Å². The summed E-state index contributed by atoms with van der Waals surface area (Å²) in [7, 11) is 3.37. The van der Waals surface area contributed by atoms with Crippen LogP contribution in [0.15, 0.2) is 59.7 Å². The van der Waals surface area contributed by atoms with Crippen LogP contribution in [0.1, 0.15) is 24.8 Å². The highest BCUT2D eigenvalue weighted by Gasteiger charge is 2.65. The number of rotatable bonds is 5. The van der Waals surface area contributed by atoms with Crippen LogP contribution in [0.25, 0.3) is 6.08 Å². The lowest BCUT2D eigenvalue weighted by Crippen LogP contribution is -2.48. The van der Waals surface area contributed by atoms with Crippen molar-refractivity contribution in [3.63, 3.8) is 0 Å². The van der Waals surface area contributed by atoms with Gasteiger partial charge in [-0.2, -0.15) is 0 Å². The fourth-order valence-electron chi connectivity index (χ4n) is 5.62. The lowest BCUT2D eigenvalue weighted by molar-refractivity contribution is -0.151. The topological polar surface area (TPSA) is 48.0 Å². The Morgan fingerprint density at radius 2 is 1.96 bits per heavy atom. The lowest BCUT2D eigenvalue weighted by atomic mass is 9.77. The van der Waals surface area contributed by atoms with Crippen molar-refractivity contribution < 1.29 is 19.0 Å². The molecule has 0 radical (unpaired) electrons. The molecule has 0 aromatic heterocycles. The monoisotopic (exact) mass is 379 g/mol. The summed E-state index contributed by atoms with van der Waals surface area (Å²) < 4.78 is 17.2. The number of hydrogen-bond acceptors (Lipinski definition) is 5. The molecule has 2 bridgehead atoms. The van der Waals surface area contributed by atoms with Crippen LogP contribution in [0.5, 0.6) is 0 Å². The van der Waals surface area contributed by atoms with Gasteiger partial charge in [-0.3, -0.25) is 4.90 Å². The second-order valence-electron chi connectivity index (χ2n) is 7.95. The van der Waals surface area contributed by atoms with E-state index in [1.54, 1.807) is 20.3 Å². The smallest absolute Gasteiger partial charge is 0.332 e. The zero-order valence-corrected chi connectivity index (χ0v) is 16.2. The Labute approximate surface area is 165 Å². The summed E-state index contributed by atoms with van der Waals surface area (Å²) in [6.45, 7) is 0. The first-order valence-electron chi connectivity index (χ1n) is 9.90. The Kier molecular flexibility index (Phi) is 4.27. The van der Waals surface area contributed by atoms with Crippen LogP contribution >= 0.6 is 0 Å². The normalized spacial score (nSPS) is 33.8. The maximum absolute atomic E-state index is 12.3. The van der Waals surface area contributed by atoms with Gasteiger partial charge in [-0.25, -0.2) is 4.79 Å². The van der Waals surface area contributed by atoms with E-state index in [2.05, 4.69) is 35.3 Å². The van der Waals surface area contributed by atoms with Crippen molar-refractivity contribution in [1.29, 1.82) is 0 Å². The quantitative estimate of drug-likeness (QED) is 0.581. The van der Waals surface area contributed by atoms with Crippen LogP contribution in [0, 0.1) is 0 Å². The zero-order chi connectivity index (χ0) is 19.3. The number of nitrogens with zero attached hydrogens (tertiary/aromatic N) is 1. The molecule has 2 fully saturated rings. The van der Waals surface area contributed by atoms with E-state index in [1.807, 2.05) is 18.2 Å². The van der Waals surface area contributed by atoms with Crippen molar-refractivity contribution >= 4 is 12.0 Å². The molecule has 1 aromatic carbocycles. The van der Waals surface area contributed by atoms with Gasteiger partial charge in [-0.05, 0) is 24.0 Å². The van der Waals surface area contributed by atoms with Gasteiger partial charge in [0.05, 0.1) is 12.1 Å². The van der Waals surface area contributed by atoms with Gasteiger partial charge in [0.2, 0.25) is 0 Å². The number of allylic oxidation sites excluding steroid dienone is 1. The molecule has 0 amide bonds. The molecule has 3 aliphatic heterocycles. The van der Waals surface area contributed by atoms with E-state index in [0.717, 1.165) is 36.0 Å². The van der Waals surface area contributed by atoms with Crippen LogP contribution < -0.4 is 0 Å². The molecule has 3 heterocycles. The van der Waals surface area contributed by atoms with Crippen molar-refractivity contribution in [2.75, 3.05) is 14.2 Å². The highest BCUT2D eigenvalue weighted by molar-refractivity contribution is 5.90. The van der Waals surface area contributed by atoms with Crippen LogP contribution in [0.3, 0.4) is 0 Å². The maximum Gasteiger partial charge on any atom is 0.332 e. The molecule has 5 rings (SSSR count). The van der Waals surface area contributed by atoms with Crippen molar-refractivity contribution in [3.8, 4) is 0 Å². The molecule has 0 saturated carbocycles. The van der Waals surface area contributed by atoms with Crippen molar-refractivity contribution in [3.05, 3.63) is 65.3 Å². The largest absolute Gasteiger partial charge is 0.449 e. The predicted octanol–water partition coefficient (Wildman–Crippen LogP) is 3.09. The average molecular weight is 379 g/mol. The van der Waals surface area contributed by atoms with Crippen molar-refractivity contribution in [2.45, 2.75) is 49.3 Å². The minimum absolute atomic E-state index is 0.165. The van der Waals surface area contributed by atoms with Gasteiger partial charge in [0.15, 0.2) is 11.9 Å². The lowest BCUT2D eigenvalue weighted by Gasteiger charge is -2.34. The zero-order valence-electron chi connectivity index (χ0n) is 16.2. The van der Waals surface area contributed by atoms with Gasteiger partial charge < -0.3 is 14.2 Å². The van der Waals surface area contributed by atoms with E-state index in [1.165, 1.54) is 0 Å². The minimum Gasteiger partial charge on any atom is -0.449 e. The third-order valence-corrected chi connectivity index (χ3v) is 6.63. The summed E-state index contributed by atoms with van der Waals surface area (Å²) >= 11 is 0. The van der Waals surface area contributed by atoms with Crippen molar-refractivity contribution in [2.24, 2.45) is 0 Å². The molecular weight excluding hydrogens is 354 g/mol.